The molecule has 0 aromatic heterocycles. The van der Waals surface area contributed by atoms with Gasteiger partial charge in [0.15, 0.2) is 0 Å². The number of nitrogens with zero attached hydrogens (tertiary/aromatic N) is 3. The van der Waals surface area contributed by atoms with Crippen LogP contribution in [-0.4, -0.2) is 32.4 Å². The van der Waals surface area contributed by atoms with E-state index in [0.29, 0.717) is 6.73 Å². The highest BCUT2D eigenvalue weighted by molar-refractivity contribution is 6.16. The number of aryl methyl sites for hydroxylation is 2. The van der Waals surface area contributed by atoms with E-state index in [4.69, 9.17) is 9.73 Å². The molecule has 1 aromatic carbocycles. The summed E-state index contributed by atoms with van der Waals surface area (Å²) in [6.45, 7) is 10.1. The SMILES string of the molecule is CCCCCCCCCCOCN1C2=NCCCN2c2cc(C)c(C)cc21.Cl. The molecule has 2 aliphatic rings. The Balaban J connectivity index is 0.00000280. The molecular formula is C23H38ClN3O. The van der Waals surface area contributed by atoms with Crippen LogP contribution in [0.5, 0.6) is 0 Å². The molecule has 3 rings (SSSR count). The number of ether oxygens (including phenoxy) is 1. The van der Waals surface area contributed by atoms with E-state index < -0.39 is 0 Å². The molecule has 5 heteroatoms. The highest BCUT2D eigenvalue weighted by Gasteiger charge is 2.34. The molecule has 0 atom stereocenters. The molecule has 0 amide bonds. The van der Waals surface area contributed by atoms with E-state index in [-0.39, 0.29) is 12.4 Å². The maximum atomic E-state index is 6.06. The molecule has 0 saturated heterocycles. The van der Waals surface area contributed by atoms with Crippen LogP contribution in [-0.2, 0) is 4.74 Å². The van der Waals surface area contributed by atoms with Gasteiger partial charge in [0.2, 0.25) is 5.96 Å². The van der Waals surface area contributed by atoms with E-state index >= 15 is 0 Å². The Bertz CT molecular complexity index is 647. The van der Waals surface area contributed by atoms with Crippen LogP contribution >= 0.6 is 12.4 Å². The predicted octanol–water partition coefficient (Wildman–Crippen LogP) is 6.23. The van der Waals surface area contributed by atoms with Crippen molar-refractivity contribution in [3.63, 3.8) is 0 Å². The number of hydrogen-bond donors (Lipinski definition) is 0. The Labute approximate surface area is 177 Å². The van der Waals surface area contributed by atoms with Crippen LogP contribution in [0.15, 0.2) is 17.1 Å². The number of anilines is 2. The van der Waals surface area contributed by atoms with Crippen molar-refractivity contribution in [3.05, 3.63) is 23.3 Å². The van der Waals surface area contributed by atoms with Gasteiger partial charge in [-0.05, 0) is 49.9 Å². The monoisotopic (exact) mass is 407 g/mol. The summed E-state index contributed by atoms with van der Waals surface area (Å²) in [5, 5.41) is 0. The molecule has 158 valence electrons. The third-order valence-electron chi connectivity index (χ3n) is 5.81. The Hall–Kier alpha value is -1.26. The topological polar surface area (TPSA) is 28.1 Å². The van der Waals surface area contributed by atoms with Crippen molar-refractivity contribution >= 4 is 29.7 Å². The van der Waals surface area contributed by atoms with Crippen molar-refractivity contribution < 1.29 is 4.74 Å². The second kappa shape index (κ2) is 11.7. The molecule has 0 unspecified atom stereocenters. The van der Waals surface area contributed by atoms with Gasteiger partial charge in [-0.25, -0.2) is 0 Å². The summed E-state index contributed by atoms with van der Waals surface area (Å²) in [5.41, 5.74) is 5.24. The Kier molecular flexibility index (Phi) is 9.60. The number of hydrogen-bond acceptors (Lipinski definition) is 4. The zero-order chi connectivity index (χ0) is 19.1. The van der Waals surface area contributed by atoms with Crippen LogP contribution in [0.3, 0.4) is 0 Å². The van der Waals surface area contributed by atoms with E-state index in [2.05, 4.69) is 42.7 Å². The molecule has 4 nitrogen and oxygen atoms in total. The fourth-order valence-electron chi connectivity index (χ4n) is 4.00. The minimum atomic E-state index is 0. The summed E-state index contributed by atoms with van der Waals surface area (Å²) >= 11 is 0. The van der Waals surface area contributed by atoms with E-state index in [1.165, 1.54) is 67.4 Å². The van der Waals surface area contributed by atoms with Crippen molar-refractivity contribution in [1.29, 1.82) is 0 Å². The highest BCUT2D eigenvalue weighted by atomic mass is 35.5. The van der Waals surface area contributed by atoms with Gasteiger partial charge in [-0.3, -0.25) is 9.89 Å². The van der Waals surface area contributed by atoms with Crippen molar-refractivity contribution in [3.8, 4) is 0 Å². The van der Waals surface area contributed by atoms with Crippen molar-refractivity contribution in [1.82, 2.24) is 0 Å². The summed E-state index contributed by atoms with van der Waals surface area (Å²) < 4.78 is 6.06. The predicted molar refractivity (Wildman–Crippen MR) is 123 cm³/mol. The van der Waals surface area contributed by atoms with Gasteiger partial charge in [0.25, 0.3) is 0 Å². The smallest absolute Gasteiger partial charge is 0.207 e. The third-order valence-corrected chi connectivity index (χ3v) is 5.81. The van der Waals surface area contributed by atoms with Crippen molar-refractivity contribution in [2.45, 2.75) is 78.6 Å². The number of guanidine groups is 1. The van der Waals surface area contributed by atoms with Gasteiger partial charge in [0.05, 0.1) is 11.4 Å². The van der Waals surface area contributed by atoms with Gasteiger partial charge < -0.3 is 9.64 Å². The van der Waals surface area contributed by atoms with Gasteiger partial charge >= 0.3 is 0 Å². The maximum Gasteiger partial charge on any atom is 0.207 e. The number of aliphatic imine (C=N–C) groups is 1. The van der Waals surface area contributed by atoms with Gasteiger partial charge in [-0.1, -0.05) is 51.9 Å². The summed E-state index contributed by atoms with van der Waals surface area (Å²) in [4.78, 5) is 9.43. The van der Waals surface area contributed by atoms with Crippen LogP contribution in [0.1, 0.15) is 75.8 Å². The molecule has 0 spiro atoms. The van der Waals surface area contributed by atoms with Gasteiger partial charge in [-0.15, -0.1) is 12.4 Å². The maximum absolute atomic E-state index is 6.06. The number of halogens is 1. The van der Waals surface area contributed by atoms with E-state index in [9.17, 15) is 0 Å². The first kappa shape index (κ1) is 23.0. The summed E-state index contributed by atoms with van der Waals surface area (Å²) in [6.07, 6.45) is 11.8. The largest absolute Gasteiger partial charge is 0.361 e. The molecule has 0 fully saturated rings. The Morgan fingerprint density at radius 2 is 1.57 bits per heavy atom. The quantitative estimate of drug-likeness (QED) is 0.407. The number of fused-ring (bicyclic) bond motifs is 3. The van der Waals surface area contributed by atoms with Crippen LogP contribution in [0.2, 0.25) is 0 Å². The fraction of sp³-hybridized carbons (Fsp3) is 0.696. The first-order chi connectivity index (χ1) is 13.2. The van der Waals surface area contributed by atoms with Crippen LogP contribution in [0.4, 0.5) is 11.4 Å². The molecule has 0 aliphatic carbocycles. The summed E-state index contributed by atoms with van der Waals surface area (Å²) in [7, 11) is 0. The molecule has 0 radical (unpaired) electrons. The highest BCUT2D eigenvalue weighted by Crippen LogP contribution is 2.40. The van der Waals surface area contributed by atoms with Gasteiger partial charge in [-0.2, -0.15) is 0 Å². The zero-order valence-corrected chi connectivity index (χ0v) is 18.8. The lowest BCUT2D eigenvalue weighted by atomic mass is 10.1. The third kappa shape index (κ3) is 5.64. The lowest BCUT2D eigenvalue weighted by molar-refractivity contribution is 0.137. The van der Waals surface area contributed by atoms with E-state index in [1.54, 1.807) is 0 Å². The number of rotatable bonds is 11. The minimum Gasteiger partial charge on any atom is -0.361 e. The number of benzene rings is 1. The van der Waals surface area contributed by atoms with Gasteiger partial charge in [0.1, 0.15) is 6.73 Å². The molecule has 0 N–H and O–H groups in total. The summed E-state index contributed by atoms with van der Waals surface area (Å²) in [5.74, 6) is 1.08. The lowest BCUT2D eigenvalue weighted by Crippen LogP contribution is -2.42. The van der Waals surface area contributed by atoms with Crippen molar-refractivity contribution in [2.24, 2.45) is 4.99 Å². The standard InChI is InChI=1S/C23H37N3O.ClH/c1-4-5-6-7-8-9-10-11-15-27-18-26-22-17-20(3)19(2)16-21(22)25-14-12-13-24-23(25)26;/h16-17H,4-15,18H2,1-3H3;1H. The first-order valence-corrected chi connectivity index (χ1v) is 11.0. The second-order valence-corrected chi connectivity index (χ2v) is 8.05. The molecule has 0 saturated carbocycles. The average molecular weight is 408 g/mol. The molecule has 0 bridgehead atoms. The lowest BCUT2D eigenvalue weighted by Gasteiger charge is -2.26. The normalized spacial score (nSPS) is 15.2. The van der Waals surface area contributed by atoms with Gasteiger partial charge in [0, 0.05) is 19.7 Å². The molecule has 28 heavy (non-hydrogen) atoms. The number of unbranched alkanes of at least 4 members (excludes halogenated alkanes) is 7. The minimum absolute atomic E-state index is 0. The molecule has 1 aromatic rings. The van der Waals surface area contributed by atoms with E-state index in [0.717, 1.165) is 38.5 Å². The van der Waals surface area contributed by atoms with Crippen LogP contribution < -0.4 is 9.80 Å². The Morgan fingerprint density at radius 1 is 0.929 bits per heavy atom. The van der Waals surface area contributed by atoms with Crippen molar-refractivity contribution in [2.75, 3.05) is 36.2 Å². The first-order valence-electron chi connectivity index (χ1n) is 11.0. The fourth-order valence-corrected chi connectivity index (χ4v) is 4.00. The van der Waals surface area contributed by atoms with E-state index in [1.807, 2.05) is 0 Å². The summed E-state index contributed by atoms with van der Waals surface area (Å²) in [6, 6.07) is 4.61. The molecule has 2 heterocycles. The molecule has 2 aliphatic heterocycles. The van der Waals surface area contributed by atoms with Crippen LogP contribution in [0.25, 0.3) is 0 Å². The van der Waals surface area contributed by atoms with Crippen LogP contribution in [0, 0.1) is 13.8 Å². The Morgan fingerprint density at radius 3 is 2.29 bits per heavy atom. The second-order valence-electron chi connectivity index (χ2n) is 8.05. The average Bonchev–Trinajstić information content (AvgIpc) is 2.97. The zero-order valence-electron chi connectivity index (χ0n) is 18.0. The molecular weight excluding hydrogens is 370 g/mol.